The second-order valence-corrected chi connectivity index (χ2v) is 15.8. The van der Waals surface area contributed by atoms with Crippen LogP contribution in [0.2, 0.25) is 5.04 Å². The van der Waals surface area contributed by atoms with Gasteiger partial charge in [0.2, 0.25) is 0 Å². The first-order valence-electron chi connectivity index (χ1n) is 15.0. The first-order chi connectivity index (χ1) is 18.0. The van der Waals surface area contributed by atoms with Gasteiger partial charge in [0.15, 0.2) is 0 Å². The minimum Gasteiger partial charge on any atom is -0.404 e. The summed E-state index contributed by atoms with van der Waals surface area (Å²) in [7, 11) is -2.53. The molecule has 0 heterocycles. The summed E-state index contributed by atoms with van der Waals surface area (Å²) in [6.07, 6.45) is 20.6. The lowest BCUT2D eigenvalue weighted by Gasteiger charge is -2.45. The van der Waals surface area contributed by atoms with Gasteiger partial charge in [0.05, 0.1) is 0 Å². The molecule has 1 atom stereocenters. The Labute approximate surface area is 229 Å². The van der Waals surface area contributed by atoms with Gasteiger partial charge in [0, 0.05) is 12.7 Å². The third kappa shape index (κ3) is 10.5. The zero-order valence-electron chi connectivity index (χ0n) is 24.3. The lowest BCUT2D eigenvalue weighted by atomic mass is 10.1. The molecule has 37 heavy (non-hydrogen) atoms. The number of benzene rings is 2. The van der Waals surface area contributed by atoms with Crippen LogP contribution in [-0.2, 0) is 4.43 Å². The monoisotopic (exact) mass is 522 g/mol. The summed E-state index contributed by atoms with van der Waals surface area (Å²) < 4.78 is 7.50. The summed E-state index contributed by atoms with van der Waals surface area (Å²) in [5.41, 5.74) is 0. The van der Waals surface area contributed by atoms with E-state index in [1.54, 1.807) is 0 Å². The van der Waals surface area contributed by atoms with Gasteiger partial charge in [-0.3, -0.25) is 0 Å². The quantitative estimate of drug-likeness (QED) is 0.114. The van der Waals surface area contributed by atoms with Crippen molar-refractivity contribution in [2.24, 2.45) is 0 Å². The van der Waals surface area contributed by atoms with Gasteiger partial charge in [-0.05, 0) is 47.5 Å². The Morgan fingerprint density at radius 3 is 1.81 bits per heavy atom. The van der Waals surface area contributed by atoms with E-state index in [1.807, 2.05) is 0 Å². The highest BCUT2D eigenvalue weighted by Crippen LogP contribution is 2.38. The van der Waals surface area contributed by atoms with Gasteiger partial charge in [0.1, 0.15) is 0 Å². The lowest BCUT2D eigenvalue weighted by molar-refractivity contribution is 0.176. The van der Waals surface area contributed by atoms with Crippen LogP contribution in [0, 0.1) is 0 Å². The molecule has 2 nitrogen and oxygen atoms in total. The normalized spacial score (nSPS) is 13.3. The standard InChI is InChI=1S/C34H54O2Si/c1-5-6-7-17-24-31(25-18-13-11-9-8-10-12-14-23-30-35)36-37(34(2,3)4,32-26-19-15-20-27-32)33-28-21-16-22-29-33/h13,15-16,18-22,26-29,31,35H,5-12,14,17,23-25,30H2,1-4H3/t31-/m1/s1. The van der Waals surface area contributed by atoms with Crippen molar-refractivity contribution in [3.05, 3.63) is 72.8 Å². The molecule has 0 aliphatic carbocycles. The van der Waals surface area contributed by atoms with Gasteiger partial charge in [-0.2, -0.15) is 0 Å². The summed E-state index contributed by atoms with van der Waals surface area (Å²) in [4.78, 5) is 0. The molecule has 1 N–H and O–H groups in total. The number of unbranched alkanes of at least 4 members (excludes halogenated alkanes) is 9. The van der Waals surface area contributed by atoms with Crippen molar-refractivity contribution in [3.63, 3.8) is 0 Å². The van der Waals surface area contributed by atoms with Gasteiger partial charge in [-0.15, -0.1) is 0 Å². The van der Waals surface area contributed by atoms with E-state index in [0.717, 1.165) is 32.1 Å². The van der Waals surface area contributed by atoms with Crippen molar-refractivity contribution in [3.8, 4) is 0 Å². The molecule has 2 rings (SSSR count). The Morgan fingerprint density at radius 2 is 1.27 bits per heavy atom. The molecular formula is C34H54O2Si. The van der Waals surface area contributed by atoms with E-state index in [9.17, 15) is 0 Å². The fraction of sp³-hybridized carbons (Fsp3) is 0.588. The summed E-state index contributed by atoms with van der Waals surface area (Å²) in [6.45, 7) is 9.75. The van der Waals surface area contributed by atoms with E-state index < -0.39 is 8.32 Å². The second kappa shape index (κ2) is 17.8. The van der Waals surface area contributed by atoms with Crippen LogP contribution in [0.4, 0.5) is 0 Å². The summed E-state index contributed by atoms with van der Waals surface area (Å²) in [5, 5.41) is 11.7. The third-order valence-electron chi connectivity index (χ3n) is 7.48. The predicted octanol–water partition coefficient (Wildman–Crippen LogP) is 8.57. The molecule has 3 heteroatoms. The Bertz CT molecular complexity index is 802. The largest absolute Gasteiger partial charge is 0.404 e. The molecule has 206 valence electrons. The molecule has 0 saturated carbocycles. The van der Waals surface area contributed by atoms with E-state index in [-0.39, 0.29) is 11.1 Å². The third-order valence-corrected chi connectivity index (χ3v) is 12.6. The van der Waals surface area contributed by atoms with Gasteiger partial charge in [-0.25, -0.2) is 0 Å². The maximum absolute atomic E-state index is 8.92. The van der Waals surface area contributed by atoms with Gasteiger partial charge >= 0.3 is 0 Å². The zero-order valence-corrected chi connectivity index (χ0v) is 25.3. The maximum atomic E-state index is 8.92. The van der Waals surface area contributed by atoms with Crippen LogP contribution in [0.25, 0.3) is 0 Å². The molecular weight excluding hydrogens is 468 g/mol. The van der Waals surface area contributed by atoms with Crippen molar-refractivity contribution in [1.29, 1.82) is 0 Å². The summed E-state index contributed by atoms with van der Waals surface area (Å²) in [5.74, 6) is 0. The van der Waals surface area contributed by atoms with E-state index >= 15 is 0 Å². The van der Waals surface area contributed by atoms with Crippen LogP contribution in [0.1, 0.15) is 111 Å². The van der Waals surface area contributed by atoms with E-state index in [0.29, 0.717) is 6.61 Å². The highest BCUT2D eigenvalue weighted by Gasteiger charge is 2.51. The molecule has 0 aliphatic heterocycles. The smallest absolute Gasteiger partial charge is 0.261 e. The molecule has 0 spiro atoms. The fourth-order valence-electron chi connectivity index (χ4n) is 5.41. The number of hydrogen-bond donors (Lipinski definition) is 1. The van der Waals surface area contributed by atoms with E-state index in [1.165, 1.54) is 61.7 Å². The lowest BCUT2D eigenvalue weighted by Crippen LogP contribution is -2.67. The van der Waals surface area contributed by atoms with Crippen LogP contribution >= 0.6 is 0 Å². The van der Waals surface area contributed by atoms with Crippen LogP contribution in [-0.4, -0.2) is 26.1 Å². The number of hydrogen-bond acceptors (Lipinski definition) is 2. The number of aliphatic hydroxyl groups is 1. The van der Waals surface area contributed by atoms with Crippen LogP contribution in [0.5, 0.6) is 0 Å². The highest BCUT2D eigenvalue weighted by molar-refractivity contribution is 6.99. The van der Waals surface area contributed by atoms with E-state index in [2.05, 4.69) is 101 Å². The van der Waals surface area contributed by atoms with Crippen molar-refractivity contribution in [2.75, 3.05) is 6.61 Å². The minimum absolute atomic E-state index is 0.0110. The molecule has 0 aromatic heterocycles. The van der Waals surface area contributed by atoms with Crippen molar-refractivity contribution in [2.45, 2.75) is 122 Å². The Balaban J connectivity index is 2.18. The van der Waals surface area contributed by atoms with Crippen LogP contribution in [0.15, 0.2) is 72.8 Å². The van der Waals surface area contributed by atoms with E-state index in [4.69, 9.17) is 9.53 Å². The predicted molar refractivity (Wildman–Crippen MR) is 164 cm³/mol. The van der Waals surface area contributed by atoms with Crippen molar-refractivity contribution >= 4 is 18.7 Å². The average Bonchev–Trinajstić information content (AvgIpc) is 2.90. The number of aliphatic hydroxyl groups excluding tert-OH is 1. The van der Waals surface area contributed by atoms with Crippen LogP contribution < -0.4 is 10.4 Å². The van der Waals surface area contributed by atoms with Crippen molar-refractivity contribution in [1.82, 2.24) is 0 Å². The fourth-order valence-corrected chi connectivity index (χ4v) is 10.1. The Morgan fingerprint density at radius 1 is 0.730 bits per heavy atom. The molecule has 0 amide bonds. The molecule has 0 radical (unpaired) electrons. The van der Waals surface area contributed by atoms with Gasteiger partial charge in [-0.1, -0.05) is 152 Å². The summed E-state index contributed by atoms with van der Waals surface area (Å²) >= 11 is 0. The zero-order chi connectivity index (χ0) is 26.8. The molecule has 0 saturated heterocycles. The highest BCUT2D eigenvalue weighted by atomic mass is 28.4. The second-order valence-electron chi connectivity index (χ2n) is 11.6. The number of rotatable bonds is 19. The summed E-state index contributed by atoms with van der Waals surface area (Å²) in [6, 6.07) is 22.1. The first kappa shape index (κ1) is 31.5. The SMILES string of the molecule is CCCCCC[C@H](CC=CCCCCCCCCO)O[Si](c1ccccc1)(c1ccccc1)C(C)(C)C. The minimum atomic E-state index is -2.53. The van der Waals surface area contributed by atoms with Gasteiger partial charge in [0.25, 0.3) is 8.32 Å². The van der Waals surface area contributed by atoms with Gasteiger partial charge < -0.3 is 9.53 Å². The topological polar surface area (TPSA) is 29.5 Å². The Hall–Kier alpha value is -1.68. The maximum Gasteiger partial charge on any atom is 0.261 e. The van der Waals surface area contributed by atoms with Crippen LogP contribution in [0.3, 0.4) is 0 Å². The van der Waals surface area contributed by atoms with Crippen molar-refractivity contribution < 1.29 is 9.53 Å². The Kier molecular flexibility index (Phi) is 15.1. The average molecular weight is 523 g/mol. The first-order valence-corrected chi connectivity index (χ1v) is 16.9. The molecule has 2 aromatic rings. The molecule has 2 aromatic carbocycles. The molecule has 0 bridgehead atoms. The molecule has 0 aliphatic rings. The molecule has 0 unspecified atom stereocenters. The number of allylic oxidation sites excluding steroid dienone is 1. The molecule has 0 fully saturated rings.